The third kappa shape index (κ3) is 3.45. The molecule has 4 aromatic rings. The fourth-order valence-corrected chi connectivity index (χ4v) is 4.73. The SMILES string of the molecule is CN1CCN(c2ccc(-c3cccc4nc5ccc(C6=CCOCC6)cc5n34)cn2)CC1. The maximum Gasteiger partial charge on any atom is 0.138 e. The van der Waals surface area contributed by atoms with Gasteiger partial charge in [0, 0.05) is 37.9 Å². The molecule has 0 saturated carbocycles. The topological polar surface area (TPSA) is 45.9 Å². The van der Waals surface area contributed by atoms with Gasteiger partial charge in [0.25, 0.3) is 0 Å². The van der Waals surface area contributed by atoms with E-state index in [-0.39, 0.29) is 0 Å². The van der Waals surface area contributed by atoms with Crippen LogP contribution in [-0.2, 0) is 4.74 Å². The summed E-state index contributed by atoms with van der Waals surface area (Å²) in [7, 11) is 2.17. The quantitative estimate of drug-likeness (QED) is 0.494. The van der Waals surface area contributed by atoms with Gasteiger partial charge in [-0.3, -0.25) is 4.40 Å². The first-order valence-electron chi connectivity index (χ1n) is 11.3. The number of hydrogen-bond acceptors (Lipinski definition) is 5. The zero-order valence-corrected chi connectivity index (χ0v) is 18.4. The molecule has 2 aliphatic heterocycles. The van der Waals surface area contributed by atoms with Gasteiger partial charge in [0.1, 0.15) is 11.5 Å². The van der Waals surface area contributed by atoms with E-state index in [1.165, 1.54) is 11.1 Å². The van der Waals surface area contributed by atoms with Crippen molar-refractivity contribution in [2.45, 2.75) is 6.42 Å². The molecule has 0 atom stereocenters. The number of fused-ring (bicyclic) bond motifs is 3. The fourth-order valence-electron chi connectivity index (χ4n) is 4.73. The molecule has 0 spiro atoms. The molecule has 1 saturated heterocycles. The summed E-state index contributed by atoms with van der Waals surface area (Å²) in [5.41, 5.74) is 7.91. The number of anilines is 1. The molecule has 0 bridgehead atoms. The Morgan fingerprint density at radius 3 is 2.59 bits per heavy atom. The number of imidazole rings is 1. The van der Waals surface area contributed by atoms with Gasteiger partial charge < -0.3 is 14.5 Å². The van der Waals surface area contributed by atoms with E-state index >= 15 is 0 Å². The number of aromatic nitrogens is 3. The second-order valence-electron chi connectivity index (χ2n) is 8.67. The first-order valence-corrected chi connectivity index (χ1v) is 11.3. The second kappa shape index (κ2) is 8.04. The van der Waals surface area contributed by atoms with Crippen molar-refractivity contribution in [2.75, 3.05) is 51.3 Å². The maximum absolute atomic E-state index is 5.49. The van der Waals surface area contributed by atoms with Crippen LogP contribution < -0.4 is 4.90 Å². The van der Waals surface area contributed by atoms with E-state index in [0.717, 1.165) is 73.0 Å². The van der Waals surface area contributed by atoms with Crippen LogP contribution in [0.15, 0.2) is 60.8 Å². The molecule has 0 aliphatic carbocycles. The molecular formula is C26H27N5O. The summed E-state index contributed by atoms with van der Waals surface area (Å²) >= 11 is 0. The molecule has 6 nitrogen and oxygen atoms in total. The number of nitrogens with zero attached hydrogens (tertiary/aromatic N) is 5. The van der Waals surface area contributed by atoms with E-state index in [1.54, 1.807) is 0 Å². The molecule has 0 N–H and O–H groups in total. The van der Waals surface area contributed by atoms with Crippen LogP contribution in [0.5, 0.6) is 0 Å². The summed E-state index contributed by atoms with van der Waals surface area (Å²) in [6, 6.07) is 17.2. The molecule has 0 radical (unpaired) electrons. The molecule has 32 heavy (non-hydrogen) atoms. The number of pyridine rings is 2. The molecule has 6 rings (SSSR count). The average Bonchev–Trinajstić information content (AvgIpc) is 3.23. The summed E-state index contributed by atoms with van der Waals surface area (Å²) in [6.07, 6.45) is 5.14. The van der Waals surface area contributed by atoms with Crippen LogP contribution in [0.1, 0.15) is 12.0 Å². The van der Waals surface area contributed by atoms with Crippen molar-refractivity contribution in [1.29, 1.82) is 0 Å². The Morgan fingerprint density at radius 2 is 1.81 bits per heavy atom. The highest BCUT2D eigenvalue weighted by Gasteiger charge is 2.16. The highest BCUT2D eigenvalue weighted by Crippen LogP contribution is 2.30. The van der Waals surface area contributed by atoms with Crippen molar-refractivity contribution in [3.63, 3.8) is 0 Å². The fraction of sp³-hybridized carbons (Fsp3) is 0.308. The Bertz CT molecular complexity index is 1300. The molecule has 6 heteroatoms. The molecule has 2 aliphatic rings. The van der Waals surface area contributed by atoms with Crippen molar-refractivity contribution < 1.29 is 4.74 Å². The number of rotatable bonds is 3. The van der Waals surface area contributed by atoms with E-state index in [9.17, 15) is 0 Å². The van der Waals surface area contributed by atoms with Crippen LogP contribution in [0.25, 0.3) is 33.5 Å². The average molecular weight is 426 g/mol. The maximum atomic E-state index is 5.49. The standard InChI is InChI=1S/C26H27N5O/c1-29-11-13-30(14-12-29)25-8-6-21(18-27-25)23-3-2-4-26-28-22-7-5-20(17-24(22)31(23)26)19-9-15-32-16-10-19/h2-9,17-18H,10-16H2,1H3. The van der Waals surface area contributed by atoms with Crippen LogP contribution in [0.3, 0.4) is 0 Å². The lowest BCUT2D eigenvalue weighted by molar-refractivity contribution is 0.161. The Kier molecular flexibility index (Phi) is 4.89. The second-order valence-corrected chi connectivity index (χ2v) is 8.67. The van der Waals surface area contributed by atoms with Crippen LogP contribution >= 0.6 is 0 Å². The van der Waals surface area contributed by atoms with Crippen molar-refractivity contribution in [1.82, 2.24) is 19.3 Å². The van der Waals surface area contributed by atoms with Gasteiger partial charge in [-0.25, -0.2) is 9.97 Å². The minimum atomic E-state index is 0.692. The van der Waals surface area contributed by atoms with Crippen molar-refractivity contribution in [3.8, 4) is 11.3 Å². The summed E-state index contributed by atoms with van der Waals surface area (Å²) in [4.78, 5) is 14.4. The number of hydrogen-bond donors (Lipinski definition) is 0. The zero-order chi connectivity index (χ0) is 21.5. The van der Waals surface area contributed by atoms with Crippen molar-refractivity contribution >= 4 is 28.1 Å². The lowest BCUT2D eigenvalue weighted by Crippen LogP contribution is -2.44. The van der Waals surface area contributed by atoms with E-state index in [0.29, 0.717) is 6.61 Å². The van der Waals surface area contributed by atoms with Crippen LogP contribution in [-0.4, -0.2) is 65.7 Å². The summed E-state index contributed by atoms with van der Waals surface area (Å²) in [6.45, 7) is 5.68. The summed E-state index contributed by atoms with van der Waals surface area (Å²) < 4.78 is 7.75. The normalized spacial score (nSPS) is 17.8. The summed E-state index contributed by atoms with van der Waals surface area (Å²) in [5, 5.41) is 0. The Morgan fingerprint density at radius 1 is 0.938 bits per heavy atom. The van der Waals surface area contributed by atoms with Crippen LogP contribution in [0.2, 0.25) is 0 Å². The highest BCUT2D eigenvalue weighted by molar-refractivity contribution is 5.87. The Balaban J connectivity index is 1.41. The minimum absolute atomic E-state index is 0.692. The molecular weight excluding hydrogens is 398 g/mol. The smallest absolute Gasteiger partial charge is 0.138 e. The molecule has 1 fully saturated rings. The number of piperazine rings is 1. The molecule has 0 unspecified atom stereocenters. The zero-order valence-electron chi connectivity index (χ0n) is 18.4. The predicted molar refractivity (Wildman–Crippen MR) is 129 cm³/mol. The van der Waals surface area contributed by atoms with Gasteiger partial charge in [0.15, 0.2) is 0 Å². The van der Waals surface area contributed by atoms with Crippen LogP contribution in [0.4, 0.5) is 5.82 Å². The molecule has 162 valence electrons. The van der Waals surface area contributed by atoms with Crippen LogP contribution in [0, 0.1) is 0 Å². The van der Waals surface area contributed by atoms with Crippen molar-refractivity contribution in [3.05, 3.63) is 66.4 Å². The molecule has 3 aromatic heterocycles. The van der Waals surface area contributed by atoms with Gasteiger partial charge >= 0.3 is 0 Å². The summed E-state index contributed by atoms with van der Waals surface area (Å²) in [5.74, 6) is 1.05. The molecule has 5 heterocycles. The highest BCUT2D eigenvalue weighted by atomic mass is 16.5. The van der Waals surface area contributed by atoms with Crippen molar-refractivity contribution in [2.24, 2.45) is 0 Å². The van der Waals surface area contributed by atoms with Gasteiger partial charge in [-0.15, -0.1) is 0 Å². The van der Waals surface area contributed by atoms with Gasteiger partial charge in [0.05, 0.1) is 29.9 Å². The first-order chi connectivity index (χ1) is 15.8. The van der Waals surface area contributed by atoms with E-state index in [2.05, 4.69) is 75.9 Å². The predicted octanol–water partition coefficient (Wildman–Crippen LogP) is 4.11. The van der Waals surface area contributed by atoms with Gasteiger partial charge in [-0.2, -0.15) is 0 Å². The largest absolute Gasteiger partial charge is 0.377 e. The molecule has 1 aromatic carbocycles. The number of likely N-dealkylation sites (N-methyl/N-ethyl adjacent to an activating group) is 1. The Hall–Kier alpha value is -3.22. The number of ether oxygens (including phenoxy) is 1. The van der Waals surface area contributed by atoms with Gasteiger partial charge in [-0.05, 0) is 61.0 Å². The third-order valence-electron chi connectivity index (χ3n) is 6.63. The Labute approximate surface area is 187 Å². The first kappa shape index (κ1) is 19.5. The van der Waals surface area contributed by atoms with E-state index in [1.807, 2.05) is 6.20 Å². The van der Waals surface area contributed by atoms with Gasteiger partial charge in [0.2, 0.25) is 0 Å². The third-order valence-corrected chi connectivity index (χ3v) is 6.63. The van der Waals surface area contributed by atoms with Gasteiger partial charge in [-0.1, -0.05) is 18.2 Å². The van der Waals surface area contributed by atoms with E-state index in [4.69, 9.17) is 14.7 Å². The minimum Gasteiger partial charge on any atom is -0.377 e. The van der Waals surface area contributed by atoms with E-state index < -0.39 is 0 Å². The monoisotopic (exact) mass is 425 g/mol. The lowest BCUT2D eigenvalue weighted by Gasteiger charge is -2.33. The lowest BCUT2D eigenvalue weighted by atomic mass is 10.0. The molecule has 0 amide bonds. The number of benzene rings is 1.